The van der Waals surface area contributed by atoms with Crippen LogP contribution >= 0.6 is 0 Å². The van der Waals surface area contributed by atoms with Gasteiger partial charge in [-0.2, -0.15) is 0 Å². The van der Waals surface area contributed by atoms with Gasteiger partial charge < -0.3 is 4.74 Å². The van der Waals surface area contributed by atoms with Crippen molar-refractivity contribution in [2.45, 2.75) is 33.1 Å². The highest BCUT2D eigenvalue weighted by Crippen LogP contribution is 1.85. The van der Waals surface area contributed by atoms with Gasteiger partial charge in [-0.3, -0.25) is 5.32 Å². The summed E-state index contributed by atoms with van der Waals surface area (Å²) >= 11 is 0. The van der Waals surface area contributed by atoms with Crippen LogP contribution in [0.15, 0.2) is 0 Å². The molecule has 0 aromatic heterocycles. The molecule has 0 bridgehead atoms. The largest absolute Gasteiger partial charge is 0.366 e. The highest BCUT2D eigenvalue weighted by Gasteiger charge is 1.84. The Morgan fingerprint density at radius 3 is 2.60 bits per heavy atom. The Hall–Kier alpha value is -0.0800. The molecule has 0 heterocycles. The predicted octanol–water partition coefficient (Wildman–Crippen LogP) is 1.76. The maximum atomic E-state index is 5.26. The molecule has 0 atom stereocenters. The summed E-state index contributed by atoms with van der Waals surface area (Å²) in [5.74, 6) is 0. The first-order valence-electron chi connectivity index (χ1n) is 4.20. The minimum Gasteiger partial charge on any atom is -0.366 e. The normalized spacial score (nSPS) is 10.2. The first-order chi connectivity index (χ1) is 4.91. The van der Waals surface area contributed by atoms with Crippen LogP contribution in [-0.2, 0) is 4.74 Å². The molecule has 0 rings (SSSR count). The molecule has 0 saturated heterocycles. The van der Waals surface area contributed by atoms with E-state index in [1.165, 1.54) is 19.3 Å². The van der Waals surface area contributed by atoms with Crippen molar-refractivity contribution in [2.75, 3.05) is 19.9 Å². The summed E-state index contributed by atoms with van der Waals surface area (Å²) in [5.41, 5.74) is 0. The molecule has 10 heavy (non-hydrogen) atoms. The fourth-order valence-electron chi connectivity index (χ4n) is 0.640. The van der Waals surface area contributed by atoms with Crippen LogP contribution in [-0.4, -0.2) is 19.9 Å². The molecule has 0 aromatic carbocycles. The number of hydrogen-bond donors (Lipinski definition) is 1. The highest BCUT2D eigenvalue weighted by atomic mass is 16.5. The minimum absolute atomic E-state index is 0.716. The summed E-state index contributed by atoms with van der Waals surface area (Å²) < 4.78 is 5.26. The zero-order valence-corrected chi connectivity index (χ0v) is 7.15. The SMILES string of the molecule is CCCCOCNCCC. The lowest BCUT2D eigenvalue weighted by Gasteiger charge is -2.03. The molecular weight excluding hydrogens is 126 g/mol. The average Bonchev–Trinajstić information content (AvgIpc) is 1.97. The maximum Gasteiger partial charge on any atom is 0.0965 e. The van der Waals surface area contributed by atoms with Crippen LogP contribution in [0.5, 0.6) is 0 Å². The molecular formula is C8H19NO. The summed E-state index contributed by atoms with van der Waals surface area (Å²) in [7, 11) is 0. The van der Waals surface area contributed by atoms with E-state index in [4.69, 9.17) is 4.74 Å². The molecule has 0 radical (unpaired) electrons. The summed E-state index contributed by atoms with van der Waals surface area (Å²) in [4.78, 5) is 0. The van der Waals surface area contributed by atoms with Crippen LogP contribution in [0.1, 0.15) is 33.1 Å². The Kier molecular flexibility index (Phi) is 8.85. The van der Waals surface area contributed by atoms with Crippen molar-refractivity contribution in [2.24, 2.45) is 0 Å². The van der Waals surface area contributed by atoms with Gasteiger partial charge in [0.25, 0.3) is 0 Å². The number of ether oxygens (including phenoxy) is 1. The van der Waals surface area contributed by atoms with E-state index in [2.05, 4.69) is 19.2 Å². The van der Waals surface area contributed by atoms with Crippen LogP contribution < -0.4 is 5.32 Å². The number of nitrogens with one attached hydrogen (secondary N) is 1. The van der Waals surface area contributed by atoms with Crippen LogP contribution in [0.4, 0.5) is 0 Å². The van der Waals surface area contributed by atoms with Gasteiger partial charge in [-0.25, -0.2) is 0 Å². The third-order valence-corrected chi connectivity index (χ3v) is 1.27. The smallest absolute Gasteiger partial charge is 0.0965 e. The molecule has 0 fully saturated rings. The van der Waals surface area contributed by atoms with Crippen molar-refractivity contribution in [3.63, 3.8) is 0 Å². The molecule has 0 unspecified atom stereocenters. The van der Waals surface area contributed by atoms with Crippen LogP contribution in [0, 0.1) is 0 Å². The molecule has 0 amide bonds. The first kappa shape index (κ1) is 9.92. The van der Waals surface area contributed by atoms with Gasteiger partial charge in [0.1, 0.15) is 0 Å². The molecule has 0 aliphatic rings. The molecule has 0 spiro atoms. The molecule has 62 valence electrons. The van der Waals surface area contributed by atoms with E-state index < -0.39 is 0 Å². The Balaban J connectivity index is 2.65. The molecule has 0 aliphatic heterocycles. The third kappa shape index (κ3) is 7.92. The maximum absolute atomic E-state index is 5.26. The summed E-state index contributed by atoms with van der Waals surface area (Å²) in [6.45, 7) is 7.00. The third-order valence-electron chi connectivity index (χ3n) is 1.27. The van der Waals surface area contributed by atoms with E-state index in [-0.39, 0.29) is 0 Å². The second-order valence-electron chi connectivity index (χ2n) is 2.41. The molecule has 0 aliphatic carbocycles. The van der Waals surface area contributed by atoms with Crippen molar-refractivity contribution >= 4 is 0 Å². The lowest BCUT2D eigenvalue weighted by atomic mass is 10.4. The second-order valence-corrected chi connectivity index (χ2v) is 2.41. The van der Waals surface area contributed by atoms with Gasteiger partial charge in [0, 0.05) is 6.61 Å². The van der Waals surface area contributed by atoms with E-state index in [1.807, 2.05) is 0 Å². The van der Waals surface area contributed by atoms with Gasteiger partial charge in [0.2, 0.25) is 0 Å². The Bertz CT molecular complexity index is 49.2. The van der Waals surface area contributed by atoms with Gasteiger partial charge in [0.15, 0.2) is 0 Å². The Morgan fingerprint density at radius 1 is 1.20 bits per heavy atom. The van der Waals surface area contributed by atoms with Crippen molar-refractivity contribution in [3.05, 3.63) is 0 Å². The van der Waals surface area contributed by atoms with E-state index in [0.29, 0.717) is 6.73 Å². The van der Waals surface area contributed by atoms with Crippen molar-refractivity contribution < 1.29 is 4.74 Å². The fraction of sp³-hybridized carbons (Fsp3) is 1.00. The van der Waals surface area contributed by atoms with Gasteiger partial charge in [-0.15, -0.1) is 0 Å². The van der Waals surface area contributed by atoms with E-state index in [9.17, 15) is 0 Å². The topological polar surface area (TPSA) is 21.3 Å². The van der Waals surface area contributed by atoms with Gasteiger partial charge in [-0.05, 0) is 19.4 Å². The minimum atomic E-state index is 0.716. The number of unbranched alkanes of at least 4 members (excludes halogenated alkanes) is 1. The molecule has 0 aromatic rings. The summed E-state index contributed by atoms with van der Waals surface area (Å²) in [5, 5.41) is 3.17. The van der Waals surface area contributed by atoms with Gasteiger partial charge >= 0.3 is 0 Å². The molecule has 0 saturated carbocycles. The number of rotatable bonds is 7. The van der Waals surface area contributed by atoms with E-state index in [1.54, 1.807) is 0 Å². The highest BCUT2D eigenvalue weighted by molar-refractivity contribution is 4.36. The zero-order chi connectivity index (χ0) is 7.66. The summed E-state index contributed by atoms with van der Waals surface area (Å²) in [6, 6.07) is 0. The van der Waals surface area contributed by atoms with Gasteiger partial charge in [-0.1, -0.05) is 20.3 Å². The Morgan fingerprint density at radius 2 is 2.00 bits per heavy atom. The zero-order valence-electron chi connectivity index (χ0n) is 7.15. The second kappa shape index (κ2) is 8.92. The number of hydrogen-bond acceptors (Lipinski definition) is 2. The fourth-order valence-corrected chi connectivity index (χ4v) is 0.640. The standard InChI is InChI=1S/C8H19NO/c1-3-5-7-10-8-9-6-4-2/h9H,3-8H2,1-2H3. The van der Waals surface area contributed by atoms with Crippen LogP contribution in [0.2, 0.25) is 0 Å². The average molecular weight is 145 g/mol. The molecule has 2 nitrogen and oxygen atoms in total. The van der Waals surface area contributed by atoms with Crippen molar-refractivity contribution in [1.29, 1.82) is 0 Å². The first-order valence-corrected chi connectivity index (χ1v) is 4.20. The monoisotopic (exact) mass is 145 g/mol. The lowest BCUT2D eigenvalue weighted by Crippen LogP contribution is -2.18. The predicted molar refractivity (Wildman–Crippen MR) is 44.0 cm³/mol. The quantitative estimate of drug-likeness (QED) is 0.435. The van der Waals surface area contributed by atoms with Crippen molar-refractivity contribution in [1.82, 2.24) is 5.32 Å². The van der Waals surface area contributed by atoms with Crippen molar-refractivity contribution in [3.8, 4) is 0 Å². The van der Waals surface area contributed by atoms with Gasteiger partial charge in [0.05, 0.1) is 6.73 Å². The van der Waals surface area contributed by atoms with E-state index >= 15 is 0 Å². The molecule has 1 N–H and O–H groups in total. The summed E-state index contributed by atoms with van der Waals surface area (Å²) in [6.07, 6.45) is 3.57. The van der Waals surface area contributed by atoms with E-state index in [0.717, 1.165) is 13.2 Å². The molecule has 2 heteroatoms. The van der Waals surface area contributed by atoms with Crippen LogP contribution in [0.25, 0.3) is 0 Å². The van der Waals surface area contributed by atoms with Crippen LogP contribution in [0.3, 0.4) is 0 Å². The Labute approximate surface area is 64.0 Å². The lowest BCUT2D eigenvalue weighted by molar-refractivity contribution is 0.114.